The van der Waals surface area contributed by atoms with Crippen molar-refractivity contribution < 1.29 is 4.79 Å². The van der Waals surface area contributed by atoms with Gasteiger partial charge in [0.2, 0.25) is 5.91 Å². The first-order valence-electron chi connectivity index (χ1n) is 5.76. The molecule has 0 aromatic rings. The van der Waals surface area contributed by atoms with Crippen molar-refractivity contribution in [1.82, 2.24) is 10.2 Å². The van der Waals surface area contributed by atoms with Gasteiger partial charge in [0.15, 0.2) is 0 Å². The lowest BCUT2D eigenvalue weighted by atomic mass is 10.1. The SMILES string of the molecule is CCC[C@@H](N)C(=O)NCCCCN(C)C. The quantitative estimate of drug-likeness (QED) is 0.582. The average molecular weight is 215 g/mol. The molecule has 0 aliphatic heterocycles. The zero-order chi connectivity index (χ0) is 11.7. The van der Waals surface area contributed by atoms with Crippen LogP contribution in [-0.2, 0) is 4.79 Å². The third-order valence-electron chi connectivity index (χ3n) is 2.27. The summed E-state index contributed by atoms with van der Waals surface area (Å²) in [5.41, 5.74) is 5.67. The Morgan fingerprint density at radius 1 is 1.40 bits per heavy atom. The molecule has 15 heavy (non-hydrogen) atoms. The zero-order valence-corrected chi connectivity index (χ0v) is 10.3. The van der Waals surface area contributed by atoms with Gasteiger partial charge < -0.3 is 16.0 Å². The standard InChI is InChI=1S/C11H25N3O/c1-4-7-10(12)11(15)13-8-5-6-9-14(2)3/h10H,4-9,12H2,1-3H3,(H,13,15)/t10-/m1/s1. The van der Waals surface area contributed by atoms with Crippen molar-refractivity contribution in [2.24, 2.45) is 5.73 Å². The van der Waals surface area contributed by atoms with Crippen LogP contribution in [-0.4, -0.2) is 44.0 Å². The van der Waals surface area contributed by atoms with E-state index in [-0.39, 0.29) is 11.9 Å². The van der Waals surface area contributed by atoms with Gasteiger partial charge in [-0.1, -0.05) is 13.3 Å². The summed E-state index contributed by atoms with van der Waals surface area (Å²) in [5, 5.41) is 2.86. The molecule has 1 amide bonds. The molecule has 4 heteroatoms. The minimum Gasteiger partial charge on any atom is -0.355 e. The summed E-state index contributed by atoms with van der Waals surface area (Å²) in [6.45, 7) is 3.84. The number of rotatable bonds is 8. The molecule has 0 unspecified atom stereocenters. The summed E-state index contributed by atoms with van der Waals surface area (Å²) >= 11 is 0. The van der Waals surface area contributed by atoms with E-state index in [1.165, 1.54) is 0 Å². The lowest BCUT2D eigenvalue weighted by Crippen LogP contribution is -2.40. The highest BCUT2D eigenvalue weighted by Crippen LogP contribution is 1.94. The molecule has 1 atom stereocenters. The monoisotopic (exact) mass is 215 g/mol. The molecule has 0 heterocycles. The Morgan fingerprint density at radius 2 is 2.07 bits per heavy atom. The Kier molecular flexibility index (Phi) is 8.33. The highest BCUT2D eigenvalue weighted by atomic mass is 16.2. The van der Waals surface area contributed by atoms with Gasteiger partial charge in [0.25, 0.3) is 0 Å². The smallest absolute Gasteiger partial charge is 0.236 e. The van der Waals surface area contributed by atoms with Crippen molar-refractivity contribution in [3.05, 3.63) is 0 Å². The second kappa shape index (κ2) is 8.68. The minimum atomic E-state index is -0.330. The predicted octanol–water partition coefficient (Wildman–Crippen LogP) is 0.572. The van der Waals surface area contributed by atoms with Crippen LogP contribution in [0.5, 0.6) is 0 Å². The van der Waals surface area contributed by atoms with E-state index in [9.17, 15) is 4.79 Å². The fraction of sp³-hybridized carbons (Fsp3) is 0.909. The van der Waals surface area contributed by atoms with Crippen molar-refractivity contribution in [2.45, 2.75) is 38.6 Å². The van der Waals surface area contributed by atoms with Crippen molar-refractivity contribution in [2.75, 3.05) is 27.2 Å². The third-order valence-corrected chi connectivity index (χ3v) is 2.27. The van der Waals surface area contributed by atoms with E-state index in [1.807, 2.05) is 6.92 Å². The molecule has 0 aliphatic rings. The number of carbonyl (C=O) groups excluding carboxylic acids is 1. The number of nitrogens with two attached hydrogens (primary N) is 1. The molecule has 0 aliphatic carbocycles. The molecule has 90 valence electrons. The number of nitrogens with zero attached hydrogens (tertiary/aromatic N) is 1. The lowest BCUT2D eigenvalue weighted by Gasteiger charge is -2.12. The summed E-state index contributed by atoms with van der Waals surface area (Å²) in [6.07, 6.45) is 3.85. The van der Waals surface area contributed by atoms with Crippen LogP contribution >= 0.6 is 0 Å². The van der Waals surface area contributed by atoms with Crippen LogP contribution in [0.15, 0.2) is 0 Å². The molecule has 4 nitrogen and oxygen atoms in total. The zero-order valence-electron chi connectivity index (χ0n) is 10.3. The molecule has 0 bridgehead atoms. The molecule has 0 rings (SSSR count). The fourth-order valence-electron chi connectivity index (χ4n) is 1.34. The van der Waals surface area contributed by atoms with Gasteiger partial charge >= 0.3 is 0 Å². The van der Waals surface area contributed by atoms with E-state index in [0.717, 1.165) is 38.8 Å². The van der Waals surface area contributed by atoms with Gasteiger partial charge in [0.05, 0.1) is 6.04 Å². The maximum atomic E-state index is 11.4. The van der Waals surface area contributed by atoms with Gasteiger partial charge in [-0.15, -0.1) is 0 Å². The van der Waals surface area contributed by atoms with E-state index in [4.69, 9.17) is 5.73 Å². The number of hydrogen-bond donors (Lipinski definition) is 2. The fourth-order valence-corrected chi connectivity index (χ4v) is 1.34. The van der Waals surface area contributed by atoms with Crippen LogP contribution in [0.3, 0.4) is 0 Å². The summed E-state index contributed by atoms with van der Waals surface area (Å²) < 4.78 is 0. The Labute approximate surface area is 93.2 Å². The Bertz CT molecular complexity index is 171. The van der Waals surface area contributed by atoms with Gasteiger partial charge in [-0.25, -0.2) is 0 Å². The minimum absolute atomic E-state index is 0.0123. The summed E-state index contributed by atoms with van der Waals surface area (Å²) in [5.74, 6) is -0.0123. The van der Waals surface area contributed by atoms with Gasteiger partial charge in [0.1, 0.15) is 0 Å². The first-order chi connectivity index (χ1) is 7.07. The number of hydrogen-bond acceptors (Lipinski definition) is 3. The first kappa shape index (κ1) is 14.4. The molecular formula is C11H25N3O. The lowest BCUT2D eigenvalue weighted by molar-refractivity contribution is -0.122. The molecule has 0 saturated heterocycles. The molecule has 0 spiro atoms. The van der Waals surface area contributed by atoms with Gasteiger partial charge in [0, 0.05) is 6.54 Å². The van der Waals surface area contributed by atoms with Gasteiger partial charge in [-0.3, -0.25) is 4.79 Å². The van der Waals surface area contributed by atoms with Crippen LogP contribution in [0.1, 0.15) is 32.6 Å². The van der Waals surface area contributed by atoms with Crippen LogP contribution in [0.2, 0.25) is 0 Å². The normalized spacial score (nSPS) is 12.9. The van der Waals surface area contributed by atoms with E-state index in [1.54, 1.807) is 0 Å². The number of carbonyl (C=O) groups is 1. The third kappa shape index (κ3) is 8.39. The van der Waals surface area contributed by atoms with Crippen LogP contribution in [0.4, 0.5) is 0 Å². The molecule has 0 radical (unpaired) electrons. The van der Waals surface area contributed by atoms with Gasteiger partial charge in [-0.05, 0) is 39.9 Å². The van der Waals surface area contributed by atoms with Crippen molar-refractivity contribution in [1.29, 1.82) is 0 Å². The second-order valence-corrected chi connectivity index (χ2v) is 4.20. The molecule has 0 aromatic carbocycles. The van der Waals surface area contributed by atoms with E-state index < -0.39 is 0 Å². The van der Waals surface area contributed by atoms with E-state index in [2.05, 4.69) is 24.3 Å². The summed E-state index contributed by atoms with van der Waals surface area (Å²) in [6, 6.07) is -0.330. The predicted molar refractivity (Wildman–Crippen MR) is 63.7 cm³/mol. The maximum Gasteiger partial charge on any atom is 0.236 e. The Hall–Kier alpha value is -0.610. The summed E-state index contributed by atoms with van der Waals surface area (Å²) in [7, 11) is 4.10. The molecular weight excluding hydrogens is 190 g/mol. The first-order valence-corrected chi connectivity index (χ1v) is 5.76. The molecule has 3 N–H and O–H groups in total. The van der Waals surface area contributed by atoms with Crippen LogP contribution < -0.4 is 11.1 Å². The van der Waals surface area contributed by atoms with Crippen molar-refractivity contribution in [3.8, 4) is 0 Å². The largest absolute Gasteiger partial charge is 0.355 e. The topological polar surface area (TPSA) is 58.4 Å². The molecule has 0 aromatic heterocycles. The molecule has 0 fully saturated rings. The number of amides is 1. The van der Waals surface area contributed by atoms with Crippen LogP contribution in [0.25, 0.3) is 0 Å². The highest BCUT2D eigenvalue weighted by molar-refractivity contribution is 5.81. The second-order valence-electron chi connectivity index (χ2n) is 4.20. The van der Waals surface area contributed by atoms with E-state index >= 15 is 0 Å². The van der Waals surface area contributed by atoms with Crippen molar-refractivity contribution >= 4 is 5.91 Å². The number of nitrogens with one attached hydrogen (secondary N) is 1. The Morgan fingerprint density at radius 3 is 2.60 bits per heavy atom. The van der Waals surface area contributed by atoms with Crippen molar-refractivity contribution in [3.63, 3.8) is 0 Å². The van der Waals surface area contributed by atoms with Crippen LogP contribution in [0, 0.1) is 0 Å². The van der Waals surface area contributed by atoms with Gasteiger partial charge in [-0.2, -0.15) is 0 Å². The Balaban J connectivity index is 3.38. The number of unbranched alkanes of at least 4 members (excludes halogenated alkanes) is 1. The van der Waals surface area contributed by atoms with E-state index in [0.29, 0.717) is 0 Å². The highest BCUT2D eigenvalue weighted by Gasteiger charge is 2.10. The average Bonchev–Trinajstić information content (AvgIpc) is 2.16. The summed E-state index contributed by atoms with van der Waals surface area (Å²) in [4.78, 5) is 13.5. The molecule has 0 saturated carbocycles. The maximum absolute atomic E-state index is 11.4.